The van der Waals surface area contributed by atoms with Crippen LogP contribution in [0.4, 0.5) is 0 Å². The molecule has 19 heavy (non-hydrogen) atoms. The highest BCUT2D eigenvalue weighted by molar-refractivity contribution is 9.10. The fourth-order valence-corrected chi connectivity index (χ4v) is 3.27. The standard InChI is InChI=1S/C15H20BrClO2/c1-3-7-18-13-5-4-11(9-12(13)16)14(17)15-10(2)6-8-19-15/h4-5,9-10,14-15H,3,6-8H2,1-2H3. The molecule has 1 aromatic rings. The fourth-order valence-electron chi connectivity index (χ4n) is 2.30. The summed E-state index contributed by atoms with van der Waals surface area (Å²) in [7, 11) is 0. The van der Waals surface area contributed by atoms with Gasteiger partial charge in [0, 0.05) is 6.61 Å². The highest BCUT2D eigenvalue weighted by atomic mass is 79.9. The van der Waals surface area contributed by atoms with Gasteiger partial charge in [-0.2, -0.15) is 0 Å². The zero-order valence-electron chi connectivity index (χ0n) is 11.4. The summed E-state index contributed by atoms with van der Waals surface area (Å²) in [6.45, 7) is 5.83. The maximum Gasteiger partial charge on any atom is 0.133 e. The van der Waals surface area contributed by atoms with Crippen LogP contribution in [0, 0.1) is 5.92 Å². The average Bonchev–Trinajstić information content (AvgIpc) is 2.82. The SMILES string of the molecule is CCCOc1ccc(C(Cl)C2OCCC2C)cc1Br. The van der Waals surface area contributed by atoms with E-state index in [1.54, 1.807) is 0 Å². The Labute approximate surface area is 128 Å². The minimum Gasteiger partial charge on any atom is -0.492 e. The maximum atomic E-state index is 6.55. The lowest BCUT2D eigenvalue weighted by molar-refractivity contribution is 0.0903. The molecule has 0 aliphatic carbocycles. The minimum atomic E-state index is -0.103. The normalized spacial score (nSPS) is 24.4. The van der Waals surface area contributed by atoms with E-state index in [0.717, 1.165) is 41.8 Å². The van der Waals surface area contributed by atoms with Crippen LogP contribution in [0.2, 0.25) is 0 Å². The summed E-state index contributed by atoms with van der Waals surface area (Å²) in [5.41, 5.74) is 1.08. The largest absolute Gasteiger partial charge is 0.492 e. The van der Waals surface area contributed by atoms with Gasteiger partial charge >= 0.3 is 0 Å². The smallest absolute Gasteiger partial charge is 0.133 e. The summed E-state index contributed by atoms with van der Waals surface area (Å²) in [5, 5.41) is -0.103. The maximum absolute atomic E-state index is 6.55. The Morgan fingerprint density at radius 2 is 2.32 bits per heavy atom. The molecule has 0 saturated carbocycles. The molecule has 4 heteroatoms. The van der Waals surface area contributed by atoms with Crippen LogP contribution in [0.15, 0.2) is 22.7 Å². The molecule has 0 amide bonds. The molecule has 1 aromatic carbocycles. The van der Waals surface area contributed by atoms with Gasteiger partial charge in [-0.15, -0.1) is 11.6 Å². The van der Waals surface area contributed by atoms with Gasteiger partial charge in [0.25, 0.3) is 0 Å². The first kappa shape index (κ1) is 15.1. The van der Waals surface area contributed by atoms with Crippen molar-refractivity contribution < 1.29 is 9.47 Å². The Hall–Kier alpha value is -0.250. The van der Waals surface area contributed by atoms with E-state index in [9.17, 15) is 0 Å². The third kappa shape index (κ3) is 3.65. The molecule has 0 bridgehead atoms. The van der Waals surface area contributed by atoms with Crippen molar-refractivity contribution in [1.82, 2.24) is 0 Å². The molecule has 1 heterocycles. The molecular weight excluding hydrogens is 328 g/mol. The third-order valence-electron chi connectivity index (χ3n) is 3.47. The van der Waals surface area contributed by atoms with E-state index in [4.69, 9.17) is 21.1 Å². The molecular formula is C15H20BrClO2. The number of halogens is 2. The van der Waals surface area contributed by atoms with Crippen molar-refractivity contribution in [3.05, 3.63) is 28.2 Å². The predicted molar refractivity (Wildman–Crippen MR) is 82.0 cm³/mol. The van der Waals surface area contributed by atoms with Gasteiger partial charge in [0.2, 0.25) is 0 Å². The van der Waals surface area contributed by atoms with Crippen LogP contribution in [0.25, 0.3) is 0 Å². The van der Waals surface area contributed by atoms with E-state index in [-0.39, 0.29) is 11.5 Å². The summed E-state index contributed by atoms with van der Waals surface area (Å²) in [6.07, 6.45) is 2.20. The lowest BCUT2D eigenvalue weighted by atomic mass is 9.97. The molecule has 0 aromatic heterocycles. The third-order valence-corrected chi connectivity index (χ3v) is 4.59. The van der Waals surface area contributed by atoms with Crippen LogP contribution in [-0.2, 0) is 4.74 Å². The van der Waals surface area contributed by atoms with Crippen LogP contribution in [0.1, 0.15) is 37.6 Å². The Balaban J connectivity index is 2.10. The second-order valence-electron chi connectivity index (χ2n) is 5.04. The molecule has 1 saturated heterocycles. The van der Waals surface area contributed by atoms with Gasteiger partial charge in [-0.25, -0.2) is 0 Å². The van der Waals surface area contributed by atoms with E-state index in [2.05, 4.69) is 29.8 Å². The van der Waals surface area contributed by atoms with Crippen molar-refractivity contribution in [1.29, 1.82) is 0 Å². The van der Waals surface area contributed by atoms with Gasteiger partial charge in [0.05, 0.1) is 22.6 Å². The molecule has 2 rings (SSSR count). The molecule has 106 valence electrons. The molecule has 1 aliphatic rings. The van der Waals surface area contributed by atoms with Gasteiger partial charge in [0.1, 0.15) is 5.75 Å². The van der Waals surface area contributed by atoms with E-state index < -0.39 is 0 Å². The van der Waals surface area contributed by atoms with E-state index in [1.807, 2.05) is 18.2 Å². The highest BCUT2D eigenvalue weighted by Gasteiger charge is 2.32. The first-order valence-corrected chi connectivity index (χ1v) is 8.04. The predicted octanol–water partition coefficient (Wildman–Crippen LogP) is 4.94. The minimum absolute atomic E-state index is 0.103. The van der Waals surface area contributed by atoms with E-state index in [0.29, 0.717) is 5.92 Å². The Morgan fingerprint density at radius 1 is 1.53 bits per heavy atom. The van der Waals surface area contributed by atoms with Crippen LogP contribution in [0.5, 0.6) is 5.75 Å². The van der Waals surface area contributed by atoms with E-state index >= 15 is 0 Å². The number of hydrogen-bond acceptors (Lipinski definition) is 2. The Morgan fingerprint density at radius 3 is 2.89 bits per heavy atom. The van der Waals surface area contributed by atoms with Crippen molar-refractivity contribution in [3.8, 4) is 5.75 Å². The average molecular weight is 348 g/mol. The zero-order valence-corrected chi connectivity index (χ0v) is 13.7. The monoisotopic (exact) mass is 346 g/mol. The van der Waals surface area contributed by atoms with Gasteiger partial charge in [-0.1, -0.05) is 19.9 Å². The van der Waals surface area contributed by atoms with Crippen molar-refractivity contribution in [2.45, 2.75) is 38.2 Å². The van der Waals surface area contributed by atoms with Gasteiger partial charge in [-0.05, 0) is 52.4 Å². The molecule has 3 unspecified atom stereocenters. The number of hydrogen-bond donors (Lipinski definition) is 0. The zero-order chi connectivity index (χ0) is 13.8. The number of ether oxygens (including phenoxy) is 2. The van der Waals surface area contributed by atoms with Gasteiger partial charge in [0.15, 0.2) is 0 Å². The molecule has 3 atom stereocenters. The molecule has 0 N–H and O–H groups in total. The lowest BCUT2D eigenvalue weighted by Gasteiger charge is -2.21. The summed E-state index contributed by atoms with van der Waals surface area (Å²) in [4.78, 5) is 0. The number of rotatable bonds is 5. The molecule has 1 aliphatic heterocycles. The van der Waals surface area contributed by atoms with E-state index in [1.165, 1.54) is 0 Å². The van der Waals surface area contributed by atoms with Crippen LogP contribution in [-0.4, -0.2) is 19.3 Å². The molecule has 0 radical (unpaired) electrons. The van der Waals surface area contributed by atoms with Crippen LogP contribution in [0.3, 0.4) is 0 Å². The Kier molecular flexibility index (Phi) is 5.55. The van der Waals surface area contributed by atoms with Gasteiger partial charge < -0.3 is 9.47 Å². The van der Waals surface area contributed by atoms with Crippen molar-refractivity contribution in [2.24, 2.45) is 5.92 Å². The van der Waals surface area contributed by atoms with Crippen molar-refractivity contribution >= 4 is 27.5 Å². The quantitative estimate of drug-likeness (QED) is 0.702. The second kappa shape index (κ2) is 6.96. The summed E-state index contributed by atoms with van der Waals surface area (Å²) >= 11 is 10.1. The number of alkyl halides is 1. The lowest BCUT2D eigenvalue weighted by Crippen LogP contribution is -2.19. The first-order valence-electron chi connectivity index (χ1n) is 6.81. The Bertz CT molecular complexity index is 425. The molecule has 2 nitrogen and oxygen atoms in total. The molecule has 0 spiro atoms. The fraction of sp³-hybridized carbons (Fsp3) is 0.600. The summed E-state index contributed by atoms with van der Waals surface area (Å²) in [6, 6.07) is 6.04. The second-order valence-corrected chi connectivity index (χ2v) is 6.37. The van der Waals surface area contributed by atoms with Crippen molar-refractivity contribution in [2.75, 3.05) is 13.2 Å². The highest BCUT2D eigenvalue weighted by Crippen LogP contribution is 2.38. The number of benzene rings is 1. The van der Waals surface area contributed by atoms with Crippen LogP contribution >= 0.6 is 27.5 Å². The topological polar surface area (TPSA) is 18.5 Å². The van der Waals surface area contributed by atoms with Crippen molar-refractivity contribution in [3.63, 3.8) is 0 Å². The summed E-state index contributed by atoms with van der Waals surface area (Å²) in [5.74, 6) is 1.38. The summed E-state index contributed by atoms with van der Waals surface area (Å²) < 4.78 is 12.3. The van der Waals surface area contributed by atoms with Gasteiger partial charge in [-0.3, -0.25) is 0 Å². The first-order chi connectivity index (χ1) is 9.13. The molecule has 1 fully saturated rings. The van der Waals surface area contributed by atoms with Crippen LogP contribution < -0.4 is 4.74 Å².